The fourth-order valence-electron chi connectivity index (χ4n) is 2.74. The highest BCUT2D eigenvalue weighted by Gasteiger charge is 2.28. The summed E-state index contributed by atoms with van der Waals surface area (Å²) in [5.74, 6) is 1.75. The molecule has 0 amide bonds. The molecule has 0 bridgehead atoms. The summed E-state index contributed by atoms with van der Waals surface area (Å²) < 4.78 is 5.88. The van der Waals surface area contributed by atoms with Crippen molar-refractivity contribution < 1.29 is 4.74 Å². The van der Waals surface area contributed by atoms with Gasteiger partial charge in [-0.15, -0.1) is 0 Å². The Labute approximate surface area is 126 Å². The summed E-state index contributed by atoms with van der Waals surface area (Å²) in [6.07, 6.45) is 4.53. The minimum Gasteiger partial charge on any atom is -0.374 e. The number of ether oxygens (including phenoxy) is 1. The maximum atomic E-state index is 8.88. The molecule has 1 aromatic rings. The lowest BCUT2D eigenvalue weighted by Gasteiger charge is -2.34. The Kier molecular flexibility index (Phi) is 4.37. The number of pyridine rings is 1. The molecule has 0 spiro atoms. The fraction of sp³-hybridized carbons (Fsp3) is 0.625. The summed E-state index contributed by atoms with van der Waals surface area (Å²) in [6.45, 7) is 4.70. The van der Waals surface area contributed by atoms with Crippen LogP contribution in [0.15, 0.2) is 18.3 Å². The van der Waals surface area contributed by atoms with Gasteiger partial charge in [-0.2, -0.15) is 5.26 Å². The van der Waals surface area contributed by atoms with Crippen LogP contribution in [0.5, 0.6) is 0 Å². The van der Waals surface area contributed by atoms with Gasteiger partial charge in [0.1, 0.15) is 11.9 Å². The molecule has 1 aliphatic heterocycles. The molecule has 0 unspecified atom stereocenters. The SMILES string of the molecule is CN1CCO[C@@H](CN(CC2CC2)c2ccc(C#N)cn2)C1. The number of rotatable bonds is 5. The van der Waals surface area contributed by atoms with E-state index in [0.29, 0.717) is 5.56 Å². The number of nitrogens with zero attached hydrogens (tertiary/aromatic N) is 4. The van der Waals surface area contributed by atoms with E-state index in [2.05, 4.69) is 27.9 Å². The van der Waals surface area contributed by atoms with E-state index in [1.807, 2.05) is 12.1 Å². The second-order valence-corrected chi connectivity index (χ2v) is 6.12. The van der Waals surface area contributed by atoms with Crippen molar-refractivity contribution >= 4 is 5.82 Å². The molecule has 0 aromatic carbocycles. The van der Waals surface area contributed by atoms with Crippen molar-refractivity contribution in [2.45, 2.75) is 18.9 Å². The van der Waals surface area contributed by atoms with E-state index < -0.39 is 0 Å². The fourth-order valence-corrected chi connectivity index (χ4v) is 2.74. The third kappa shape index (κ3) is 3.93. The highest BCUT2D eigenvalue weighted by Crippen LogP contribution is 2.31. The molecular formula is C16H22N4O. The molecule has 1 saturated heterocycles. The van der Waals surface area contributed by atoms with Crippen LogP contribution in [0.3, 0.4) is 0 Å². The zero-order chi connectivity index (χ0) is 14.7. The number of morpholine rings is 1. The van der Waals surface area contributed by atoms with Crippen molar-refractivity contribution in [3.05, 3.63) is 23.9 Å². The number of aromatic nitrogens is 1. The van der Waals surface area contributed by atoms with Gasteiger partial charge in [0, 0.05) is 32.4 Å². The molecule has 2 fully saturated rings. The monoisotopic (exact) mass is 286 g/mol. The third-order valence-corrected chi connectivity index (χ3v) is 4.14. The molecule has 5 nitrogen and oxygen atoms in total. The highest BCUT2D eigenvalue weighted by molar-refractivity contribution is 5.42. The topological polar surface area (TPSA) is 52.4 Å². The van der Waals surface area contributed by atoms with Gasteiger partial charge >= 0.3 is 0 Å². The average molecular weight is 286 g/mol. The summed E-state index contributed by atoms with van der Waals surface area (Å²) in [6, 6.07) is 5.92. The zero-order valence-corrected chi connectivity index (χ0v) is 12.5. The number of anilines is 1. The van der Waals surface area contributed by atoms with Crippen molar-refractivity contribution in [3.8, 4) is 6.07 Å². The summed E-state index contributed by atoms with van der Waals surface area (Å²) in [7, 11) is 2.14. The Bertz CT molecular complexity index is 506. The molecule has 3 rings (SSSR count). The molecular weight excluding hydrogens is 264 g/mol. The molecule has 0 radical (unpaired) electrons. The second-order valence-electron chi connectivity index (χ2n) is 6.12. The number of hydrogen-bond acceptors (Lipinski definition) is 5. The Balaban J connectivity index is 1.68. The average Bonchev–Trinajstić information content (AvgIpc) is 3.31. The van der Waals surface area contributed by atoms with Crippen LogP contribution in [-0.4, -0.2) is 55.8 Å². The second kappa shape index (κ2) is 6.42. The number of hydrogen-bond donors (Lipinski definition) is 0. The predicted octanol–water partition coefficient (Wildman–Crippen LogP) is 1.50. The van der Waals surface area contributed by atoms with E-state index in [9.17, 15) is 0 Å². The smallest absolute Gasteiger partial charge is 0.128 e. The van der Waals surface area contributed by atoms with Crippen LogP contribution in [-0.2, 0) is 4.74 Å². The molecule has 1 atom stereocenters. The highest BCUT2D eigenvalue weighted by atomic mass is 16.5. The molecule has 1 aromatic heterocycles. The first-order valence-electron chi connectivity index (χ1n) is 7.66. The van der Waals surface area contributed by atoms with Crippen LogP contribution < -0.4 is 4.90 Å². The molecule has 5 heteroatoms. The van der Waals surface area contributed by atoms with Gasteiger partial charge in [0.15, 0.2) is 0 Å². The first kappa shape index (κ1) is 14.3. The molecule has 1 aliphatic carbocycles. The van der Waals surface area contributed by atoms with E-state index in [1.165, 1.54) is 12.8 Å². The largest absolute Gasteiger partial charge is 0.374 e. The molecule has 2 aliphatic rings. The molecule has 112 valence electrons. The standard InChI is InChI=1S/C16H22N4O/c1-19-6-7-21-15(11-19)12-20(10-13-2-3-13)16-5-4-14(8-17)9-18-16/h4-5,9,13,15H,2-3,6-7,10-12H2,1H3/t15-/m1/s1. The minimum absolute atomic E-state index is 0.236. The van der Waals surface area contributed by atoms with E-state index >= 15 is 0 Å². The van der Waals surface area contributed by atoms with E-state index in [4.69, 9.17) is 10.00 Å². The van der Waals surface area contributed by atoms with Crippen LogP contribution in [0.4, 0.5) is 5.82 Å². The van der Waals surface area contributed by atoms with Crippen LogP contribution >= 0.6 is 0 Å². The summed E-state index contributed by atoms with van der Waals surface area (Å²) in [5, 5.41) is 8.88. The van der Waals surface area contributed by atoms with Gasteiger partial charge in [0.2, 0.25) is 0 Å². The van der Waals surface area contributed by atoms with Crippen molar-refractivity contribution in [2.24, 2.45) is 5.92 Å². The van der Waals surface area contributed by atoms with Gasteiger partial charge in [0.25, 0.3) is 0 Å². The molecule has 2 heterocycles. The summed E-state index contributed by atoms with van der Waals surface area (Å²) >= 11 is 0. The van der Waals surface area contributed by atoms with Gasteiger partial charge in [-0.1, -0.05) is 0 Å². The van der Waals surface area contributed by atoms with Gasteiger partial charge < -0.3 is 14.5 Å². The van der Waals surface area contributed by atoms with Crippen LogP contribution in [0.2, 0.25) is 0 Å². The van der Waals surface area contributed by atoms with Crippen molar-refractivity contribution in [2.75, 3.05) is 44.7 Å². The van der Waals surface area contributed by atoms with Crippen LogP contribution in [0.25, 0.3) is 0 Å². The van der Waals surface area contributed by atoms with Gasteiger partial charge in [-0.3, -0.25) is 0 Å². The zero-order valence-electron chi connectivity index (χ0n) is 12.5. The first-order chi connectivity index (χ1) is 10.2. The predicted molar refractivity (Wildman–Crippen MR) is 81.1 cm³/mol. The van der Waals surface area contributed by atoms with Crippen LogP contribution in [0.1, 0.15) is 18.4 Å². The minimum atomic E-state index is 0.236. The quantitative estimate of drug-likeness (QED) is 0.821. The van der Waals surface area contributed by atoms with Crippen LogP contribution in [0, 0.1) is 17.2 Å². The van der Waals surface area contributed by atoms with Gasteiger partial charge in [-0.05, 0) is 37.9 Å². The lowest BCUT2D eigenvalue weighted by molar-refractivity contribution is -0.0149. The van der Waals surface area contributed by atoms with E-state index in [0.717, 1.165) is 44.5 Å². The Morgan fingerprint density at radius 3 is 2.90 bits per heavy atom. The normalized spacial score (nSPS) is 22.8. The van der Waals surface area contributed by atoms with E-state index in [1.54, 1.807) is 6.20 Å². The van der Waals surface area contributed by atoms with Gasteiger partial charge in [0.05, 0.1) is 18.3 Å². The van der Waals surface area contributed by atoms with Gasteiger partial charge in [-0.25, -0.2) is 4.98 Å². The van der Waals surface area contributed by atoms with Crippen molar-refractivity contribution in [3.63, 3.8) is 0 Å². The first-order valence-corrected chi connectivity index (χ1v) is 7.66. The summed E-state index contributed by atoms with van der Waals surface area (Å²) in [5.41, 5.74) is 0.610. The van der Waals surface area contributed by atoms with Crippen molar-refractivity contribution in [1.82, 2.24) is 9.88 Å². The maximum Gasteiger partial charge on any atom is 0.128 e. The van der Waals surface area contributed by atoms with Crippen molar-refractivity contribution in [1.29, 1.82) is 5.26 Å². The Morgan fingerprint density at radius 2 is 2.29 bits per heavy atom. The number of likely N-dealkylation sites (N-methyl/N-ethyl adjacent to an activating group) is 1. The van der Waals surface area contributed by atoms with E-state index in [-0.39, 0.29) is 6.10 Å². The molecule has 0 N–H and O–H groups in total. The lowest BCUT2D eigenvalue weighted by atomic mass is 10.2. The maximum absolute atomic E-state index is 8.88. The number of nitriles is 1. The Hall–Kier alpha value is -1.64. The lowest BCUT2D eigenvalue weighted by Crippen LogP contribution is -2.46. The Morgan fingerprint density at radius 1 is 1.43 bits per heavy atom. The summed E-state index contributed by atoms with van der Waals surface area (Å²) in [4.78, 5) is 9.09. The molecule has 1 saturated carbocycles. The third-order valence-electron chi connectivity index (χ3n) is 4.14. The molecule has 21 heavy (non-hydrogen) atoms.